The largest absolute Gasteiger partial charge is 0.493 e. The molecular weight excluding hydrogens is 292 g/mol. The molecule has 0 bridgehead atoms. The lowest BCUT2D eigenvalue weighted by Gasteiger charge is -2.17. The molecular formula is C13H18ClF2NO3. The van der Waals surface area contributed by atoms with Gasteiger partial charge in [-0.1, -0.05) is 11.6 Å². The molecule has 0 saturated carbocycles. The molecule has 0 aliphatic heterocycles. The molecule has 0 spiro atoms. The highest BCUT2D eigenvalue weighted by Gasteiger charge is 2.15. The van der Waals surface area contributed by atoms with Crippen molar-refractivity contribution in [1.29, 1.82) is 0 Å². The molecule has 0 amide bonds. The van der Waals surface area contributed by atoms with Crippen LogP contribution in [0.25, 0.3) is 0 Å². The maximum absolute atomic E-state index is 11.9. The molecule has 0 aromatic heterocycles. The van der Waals surface area contributed by atoms with E-state index >= 15 is 0 Å². The minimum Gasteiger partial charge on any atom is -0.493 e. The van der Waals surface area contributed by atoms with Gasteiger partial charge in [-0.2, -0.15) is 0 Å². The number of hydrogen-bond donors (Lipinski definition) is 1. The standard InChI is InChI=1S/C13H18ClF2NO3/c1-18-11-5-8(9(14)6-12(11)19-2)10(17)3-4-20-7-13(15)16/h5-6,10,13H,3-4,7,17H2,1-2H3. The highest BCUT2D eigenvalue weighted by atomic mass is 35.5. The molecule has 1 unspecified atom stereocenters. The molecule has 1 atom stereocenters. The van der Waals surface area contributed by atoms with Crippen molar-refractivity contribution in [2.75, 3.05) is 27.4 Å². The molecule has 7 heteroatoms. The average molecular weight is 310 g/mol. The molecule has 0 heterocycles. The first-order valence-corrected chi connectivity index (χ1v) is 6.40. The third-order valence-electron chi connectivity index (χ3n) is 2.72. The summed E-state index contributed by atoms with van der Waals surface area (Å²) in [6.07, 6.45) is -2.10. The topological polar surface area (TPSA) is 53.7 Å². The number of methoxy groups -OCH3 is 2. The zero-order valence-electron chi connectivity index (χ0n) is 11.4. The molecule has 1 aromatic carbocycles. The molecule has 20 heavy (non-hydrogen) atoms. The van der Waals surface area contributed by atoms with Crippen LogP contribution in [-0.2, 0) is 4.74 Å². The molecule has 0 radical (unpaired) electrons. The Kier molecular flexibility index (Phi) is 6.98. The normalized spacial score (nSPS) is 12.6. The number of rotatable bonds is 8. The Morgan fingerprint density at radius 1 is 1.20 bits per heavy atom. The summed E-state index contributed by atoms with van der Waals surface area (Å²) < 4.78 is 38.9. The third-order valence-corrected chi connectivity index (χ3v) is 3.05. The molecule has 2 N–H and O–H groups in total. The van der Waals surface area contributed by atoms with Crippen LogP contribution in [-0.4, -0.2) is 33.9 Å². The van der Waals surface area contributed by atoms with Crippen LogP contribution in [0.5, 0.6) is 11.5 Å². The fourth-order valence-corrected chi connectivity index (χ4v) is 1.99. The van der Waals surface area contributed by atoms with Crippen LogP contribution in [0.15, 0.2) is 12.1 Å². The second kappa shape index (κ2) is 8.24. The van der Waals surface area contributed by atoms with Gasteiger partial charge in [0.2, 0.25) is 0 Å². The second-order valence-corrected chi connectivity index (χ2v) is 4.50. The first-order valence-electron chi connectivity index (χ1n) is 6.02. The first-order chi connectivity index (χ1) is 9.49. The van der Waals surface area contributed by atoms with Gasteiger partial charge in [-0.3, -0.25) is 0 Å². The van der Waals surface area contributed by atoms with E-state index in [2.05, 4.69) is 0 Å². The fraction of sp³-hybridized carbons (Fsp3) is 0.538. The highest BCUT2D eigenvalue weighted by Crippen LogP contribution is 2.35. The SMILES string of the molecule is COc1cc(Cl)c(C(N)CCOCC(F)F)cc1OC. The molecule has 0 fully saturated rings. The second-order valence-electron chi connectivity index (χ2n) is 4.09. The quantitative estimate of drug-likeness (QED) is 0.750. The monoisotopic (exact) mass is 309 g/mol. The van der Waals surface area contributed by atoms with E-state index in [1.54, 1.807) is 12.1 Å². The molecule has 1 aromatic rings. The predicted octanol–water partition coefficient (Wildman–Crippen LogP) is 3.03. The predicted molar refractivity (Wildman–Crippen MR) is 72.9 cm³/mol. The van der Waals surface area contributed by atoms with Crippen molar-refractivity contribution in [1.82, 2.24) is 0 Å². The van der Waals surface area contributed by atoms with Gasteiger partial charge >= 0.3 is 0 Å². The van der Waals surface area contributed by atoms with Crippen molar-refractivity contribution in [3.63, 3.8) is 0 Å². The van der Waals surface area contributed by atoms with Crippen molar-refractivity contribution in [3.8, 4) is 11.5 Å². The van der Waals surface area contributed by atoms with Gasteiger partial charge in [-0.25, -0.2) is 8.78 Å². The lowest BCUT2D eigenvalue weighted by Crippen LogP contribution is -2.15. The van der Waals surface area contributed by atoms with Gasteiger partial charge in [-0.05, 0) is 18.1 Å². The Morgan fingerprint density at radius 2 is 1.80 bits per heavy atom. The van der Waals surface area contributed by atoms with Gasteiger partial charge < -0.3 is 19.9 Å². The molecule has 1 rings (SSSR count). The van der Waals surface area contributed by atoms with Crippen LogP contribution >= 0.6 is 11.6 Å². The summed E-state index contributed by atoms with van der Waals surface area (Å²) in [7, 11) is 3.01. The lowest BCUT2D eigenvalue weighted by atomic mass is 10.0. The minimum atomic E-state index is -2.48. The average Bonchev–Trinajstić information content (AvgIpc) is 2.42. The zero-order chi connectivity index (χ0) is 15.1. The number of halogens is 3. The zero-order valence-corrected chi connectivity index (χ0v) is 12.1. The van der Waals surface area contributed by atoms with E-state index in [0.717, 1.165) is 0 Å². The maximum Gasteiger partial charge on any atom is 0.261 e. The van der Waals surface area contributed by atoms with Crippen molar-refractivity contribution in [3.05, 3.63) is 22.7 Å². The summed E-state index contributed by atoms with van der Waals surface area (Å²) in [6, 6.07) is 2.86. The Morgan fingerprint density at radius 3 is 2.35 bits per heavy atom. The maximum atomic E-state index is 11.9. The summed E-state index contributed by atoms with van der Waals surface area (Å²) in [5.74, 6) is 1.01. The van der Waals surface area contributed by atoms with Crippen molar-refractivity contribution in [2.24, 2.45) is 5.73 Å². The molecule has 0 aliphatic rings. The number of benzene rings is 1. The van der Waals surface area contributed by atoms with Gasteiger partial charge in [0.25, 0.3) is 6.43 Å². The van der Waals surface area contributed by atoms with E-state index in [0.29, 0.717) is 28.5 Å². The Hall–Kier alpha value is -1.11. The summed E-state index contributed by atoms with van der Waals surface area (Å²) in [5.41, 5.74) is 6.64. The van der Waals surface area contributed by atoms with Gasteiger partial charge in [0.1, 0.15) is 6.61 Å². The van der Waals surface area contributed by atoms with Crippen LogP contribution in [0.2, 0.25) is 5.02 Å². The lowest BCUT2D eigenvalue weighted by molar-refractivity contribution is 0.0152. The van der Waals surface area contributed by atoms with Crippen molar-refractivity contribution in [2.45, 2.75) is 18.9 Å². The van der Waals surface area contributed by atoms with Crippen molar-refractivity contribution < 1.29 is 23.0 Å². The van der Waals surface area contributed by atoms with E-state index in [9.17, 15) is 8.78 Å². The first kappa shape index (κ1) is 16.9. The third kappa shape index (κ3) is 4.77. The van der Waals surface area contributed by atoms with Gasteiger partial charge in [0.05, 0.1) is 14.2 Å². The Balaban J connectivity index is 2.69. The van der Waals surface area contributed by atoms with Crippen LogP contribution < -0.4 is 15.2 Å². The number of ether oxygens (including phenoxy) is 3. The summed E-state index contributed by atoms with van der Waals surface area (Å²) in [6.45, 7) is -0.456. The van der Waals surface area contributed by atoms with Crippen LogP contribution in [0.4, 0.5) is 8.78 Å². The minimum absolute atomic E-state index is 0.135. The van der Waals surface area contributed by atoms with E-state index in [1.165, 1.54) is 14.2 Å². The number of alkyl halides is 2. The number of hydrogen-bond acceptors (Lipinski definition) is 4. The van der Waals surface area contributed by atoms with Crippen LogP contribution in [0, 0.1) is 0 Å². The smallest absolute Gasteiger partial charge is 0.261 e. The van der Waals surface area contributed by atoms with Gasteiger partial charge in [0.15, 0.2) is 11.5 Å². The number of nitrogens with two attached hydrogens (primary N) is 1. The Labute approximate surface area is 121 Å². The summed E-state index contributed by atoms with van der Waals surface area (Å²) in [4.78, 5) is 0. The van der Waals surface area contributed by atoms with Crippen LogP contribution in [0.3, 0.4) is 0 Å². The van der Waals surface area contributed by atoms with Crippen molar-refractivity contribution >= 4 is 11.6 Å². The van der Waals surface area contributed by atoms with E-state index < -0.39 is 19.1 Å². The summed E-state index contributed by atoms with van der Waals surface area (Å²) >= 11 is 6.12. The van der Waals surface area contributed by atoms with Crippen LogP contribution in [0.1, 0.15) is 18.0 Å². The Bertz CT molecular complexity index is 432. The fourth-order valence-electron chi connectivity index (χ4n) is 1.69. The van der Waals surface area contributed by atoms with Gasteiger partial charge in [0, 0.05) is 23.7 Å². The van der Waals surface area contributed by atoms with E-state index in [4.69, 9.17) is 31.5 Å². The van der Waals surface area contributed by atoms with E-state index in [-0.39, 0.29) is 6.61 Å². The van der Waals surface area contributed by atoms with E-state index in [1.807, 2.05) is 0 Å². The molecule has 114 valence electrons. The molecule has 0 aliphatic carbocycles. The summed E-state index contributed by atoms with van der Waals surface area (Å²) in [5, 5.41) is 0.434. The van der Waals surface area contributed by atoms with Gasteiger partial charge in [-0.15, -0.1) is 0 Å². The molecule has 0 saturated heterocycles. The highest BCUT2D eigenvalue weighted by molar-refractivity contribution is 6.31. The molecule has 4 nitrogen and oxygen atoms in total.